The molecule has 0 aliphatic heterocycles. The molecule has 1 aromatic carbocycles. The van der Waals surface area contributed by atoms with Crippen LogP contribution in [0.1, 0.15) is 31.2 Å². The van der Waals surface area contributed by atoms with Crippen molar-refractivity contribution in [3.63, 3.8) is 0 Å². The van der Waals surface area contributed by atoms with Gasteiger partial charge in [0.2, 0.25) is 11.8 Å². The number of nitrogens with zero attached hydrogens (tertiary/aromatic N) is 2. The fraction of sp³-hybridized carbons (Fsp3) is 0.375. The minimum absolute atomic E-state index is 0.0575. The average Bonchev–Trinajstić information content (AvgIpc) is 2.44. The van der Waals surface area contributed by atoms with Gasteiger partial charge in [-0.3, -0.25) is 0 Å². The van der Waals surface area contributed by atoms with Gasteiger partial charge in [-0.25, -0.2) is 4.98 Å². The summed E-state index contributed by atoms with van der Waals surface area (Å²) in [6.45, 7) is 6.12. The molecular formula is C16H21N3O2. The lowest BCUT2D eigenvalue weighted by atomic mass is 10.1. The molecule has 0 radical (unpaired) electrons. The Labute approximate surface area is 125 Å². The summed E-state index contributed by atoms with van der Waals surface area (Å²) in [6.07, 6.45) is -0.549. The monoisotopic (exact) mass is 287 g/mol. The molecule has 2 N–H and O–H groups in total. The number of hydrogen-bond acceptors (Lipinski definition) is 5. The van der Waals surface area contributed by atoms with Gasteiger partial charge in [-0.1, -0.05) is 30.3 Å². The lowest BCUT2D eigenvalue weighted by molar-refractivity contribution is 0.191. The molecule has 112 valence electrons. The van der Waals surface area contributed by atoms with E-state index in [4.69, 9.17) is 4.74 Å². The van der Waals surface area contributed by atoms with Gasteiger partial charge in [0, 0.05) is 18.3 Å². The highest BCUT2D eigenvalue weighted by Gasteiger charge is 2.09. The van der Waals surface area contributed by atoms with Crippen LogP contribution in [0.3, 0.4) is 0 Å². The largest absolute Gasteiger partial charge is 0.475 e. The molecule has 0 aliphatic rings. The van der Waals surface area contributed by atoms with Gasteiger partial charge in [0.25, 0.3) is 0 Å². The number of aryl methyl sites for hydroxylation is 1. The minimum Gasteiger partial charge on any atom is -0.475 e. The Kier molecular flexibility index (Phi) is 5.11. The Balaban J connectivity index is 2.01. The summed E-state index contributed by atoms with van der Waals surface area (Å²) in [5, 5.41) is 13.2. The quantitative estimate of drug-likeness (QED) is 0.855. The molecule has 0 spiro atoms. The van der Waals surface area contributed by atoms with Crippen molar-refractivity contribution in [2.45, 2.75) is 33.0 Å². The number of benzene rings is 1. The zero-order valence-electron chi connectivity index (χ0n) is 12.6. The summed E-state index contributed by atoms with van der Waals surface area (Å²) >= 11 is 0. The SMILES string of the molecule is Cc1cc(OC(C)C)nc(NCC(O)c2ccccc2)n1. The second-order valence-electron chi connectivity index (χ2n) is 5.15. The standard InChI is InChI=1S/C16H21N3O2/c1-11(2)21-15-9-12(3)18-16(19-15)17-10-14(20)13-7-5-4-6-8-13/h4-9,11,14,20H,10H2,1-3H3,(H,17,18,19). The number of rotatable bonds is 6. The third-order valence-corrected chi connectivity index (χ3v) is 2.83. The average molecular weight is 287 g/mol. The third kappa shape index (κ3) is 4.72. The number of aliphatic hydroxyl groups excluding tert-OH is 1. The highest BCUT2D eigenvalue weighted by molar-refractivity contribution is 5.31. The first-order valence-corrected chi connectivity index (χ1v) is 7.04. The molecule has 5 heteroatoms. The smallest absolute Gasteiger partial charge is 0.226 e. The van der Waals surface area contributed by atoms with E-state index in [1.54, 1.807) is 6.07 Å². The number of ether oxygens (including phenoxy) is 1. The van der Waals surface area contributed by atoms with Crippen LogP contribution < -0.4 is 10.1 Å². The first-order valence-electron chi connectivity index (χ1n) is 7.04. The molecule has 1 unspecified atom stereocenters. The highest BCUT2D eigenvalue weighted by Crippen LogP contribution is 2.16. The topological polar surface area (TPSA) is 67.3 Å². The van der Waals surface area contributed by atoms with E-state index in [-0.39, 0.29) is 6.10 Å². The van der Waals surface area contributed by atoms with Gasteiger partial charge in [0.1, 0.15) is 0 Å². The van der Waals surface area contributed by atoms with Gasteiger partial charge in [0.05, 0.1) is 12.2 Å². The van der Waals surface area contributed by atoms with E-state index < -0.39 is 6.10 Å². The maximum atomic E-state index is 10.1. The highest BCUT2D eigenvalue weighted by atomic mass is 16.5. The van der Waals surface area contributed by atoms with Gasteiger partial charge in [-0.15, -0.1) is 0 Å². The van der Waals surface area contributed by atoms with Crippen LogP contribution in [0.5, 0.6) is 5.88 Å². The lowest BCUT2D eigenvalue weighted by Crippen LogP contribution is -2.15. The van der Waals surface area contributed by atoms with E-state index in [2.05, 4.69) is 15.3 Å². The molecule has 0 fully saturated rings. The van der Waals surface area contributed by atoms with E-state index in [9.17, 15) is 5.11 Å². The summed E-state index contributed by atoms with van der Waals surface area (Å²) in [4.78, 5) is 8.58. The zero-order valence-corrected chi connectivity index (χ0v) is 12.6. The van der Waals surface area contributed by atoms with E-state index >= 15 is 0 Å². The predicted octanol–water partition coefficient (Wildman–Crippen LogP) is 2.72. The van der Waals surface area contributed by atoms with Gasteiger partial charge in [-0.2, -0.15) is 4.98 Å². The van der Waals surface area contributed by atoms with E-state index in [0.717, 1.165) is 11.3 Å². The van der Waals surface area contributed by atoms with Gasteiger partial charge < -0.3 is 15.2 Å². The Morgan fingerprint density at radius 1 is 1.19 bits per heavy atom. The number of hydrogen-bond donors (Lipinski definition) is 2. The summed E-state index contributed by atoms with van der Waals surface area (Å²) in [5.74, 6) is 0.995. The second-order valence-corrected chi connectivity index (χ2v) is 5.15. The Morgan fingerprint density at radius 3 is 2.57 bits per heavy atom. The molecule has 2 aromatic rings. The Bertz CT molecular complexity index is 573. The van der Waals surface area contributed by atoms with Crippen molar-refractivity contribution < 1.29 is 9.84 Å². The maximum absolute atomic E-state index is 10.1. The van der Waals surface area contributed by atoms with Crippen LogP contribution in [0.25, 0.3) is 0 Å². The first-order chi connectivity index (χ1) is 10.0. The van der Waals surface area contributed by atoms with Crippen molar-refractivity contribution in [2.75, 3.05) is 11.9 Å². The minimum atomic E-state index is -0.607. The number of anilines is 1. The van der Waals surface area contributed by atoms with E-state index in [1.165, 1.54) is 0 Å². The molecule has 1 heterocycles. The van der Waals surface area contributed by atoms with Crippen LogP contribution in [0.4, 0.5) is 5.95 Å². The normalized spacial score (nSPS) is 12.2. The molecule has 21 heavy (non-hydrogen) atoms. The Morgan fingerprint density at radius 2 is 1.90 bits per heavy atom. The second kappa shape index (κ2) is 7.04. The predicted molar refractivity (Wildman–Crippen MR) is 82.4 cm³/mol. The summed E-state index contributed by atoms with van der Waals surface area (Å²) < 4.78 is 5.57. The van der Waals surface area contributed by atoms with Crippen molar-refractivity contribution in [3.05, 3.63) is 47.7 Å². The molecule has 0 saturated heterocycles. The van der Waals surface area contributed by atoms with Crippen LogP contribution in [-0.2, 0) is 0 Å². The molecular weight excluding hydrogens is 266 g/mol. The number of aromatic nitrogens is 2. The molecule has 0 aliphatic carbocycles. The number of nitrogens with one attached hydrogen (secondary N) is 1. The molecule has 1 aromatic heterocycles. The van der Waals surface area contributed by atoms with Crippen LogP contribution >= 0.6 is 0 Å². The van der Waals surface area contributed by atoms with Crippen LogP contribution in [0.2, 0.25) is 0 Å². The fourth-order valence-electron chi connectivity index (χ4n) is 1.90. The number of aliphatic hydroxyl groups is 1. The molecule has 5 nitrogen and oxygen atoms in total. The van der Waals surface area contributed by atoms with Crippen molar-refractivity contribution in [2.24, 2.45) is 0 Å². The van der Waals surface area contributed by atoms with Crippen LogP contribution in [-0.4, -0.2) is 27.7 Å². The summed E-state index contributed by atoms with van der Waals surface area (Å²) in [5.41, 5.74) is 1.67. The van der Waals surface area contributed by atoms with Crippen molar-refractivity contribution in [3.8, 4) is 5.88 Å². The molecule has 0 amide bonds. The Hall–Kier alpha value is -2.14. The zero-order chi connectivity index (χ0) is 15.2. The van der Waals surface area contributed by atoms with Gasteiger partial charge in [-0.05, 0) is 26.3 Å². The van der Waals surface area contributed by atoms with Crippen molar-refractivity contribution >= 4 is 5.95 Å². The van der Waals surface area contributed by atoms with Crippen molar-refractivity contribution in [1.82, 2.24) is 9.97 Å². The van der Waals surface area contributed by atoms with Crippen LogP contribution in [0, 0.1) is 6.92 Å². The van der Waals surface area contributed by atoms with E-state index in [0.29, 0.717) is 18.4 Å². The van der Waals surface area contributed by atoms with Crippen molar-refractivity contribution in [1.29, 1.82) is 0 Å². The molecule has 2 rings (SSSR count). The lowest BCUT2D eigenvalue weighted by Gasteiger charge is -2.14. The summed E-state index contributed by atoms with van der Waals surface area (Å²) in [6, 6.07) is 11.3. The van der Waals surface area contributed by atoms with Gasteiger partial charge >= 0.3 is 0 Å². The maximum Gasteiger partial charge on any atom is 0.226 e. The van der Waals surface area contributed by atoms with Crippen LogP contribution in [0.15, 0.2) is 36.4 Å². The first kappa shape index (κ1) is 15.3. The molecule has 0 bridgehead atoms. The molecule has 0 saturated carbocycles. The van der Waals surface area contributed by atoms with Gasteiger partial charge in [0.15, 0.2) is 0 Å². The third-order valence-electron chi connectivity index (χ3n) is 2.83. The molecule has 1 atom stereocenters. The summed E-state index contributed by atoms with van der Waals surface area (Å²) in [7, 11) is 0. The van der Waals surface area contributed by atoms with E-state index in [1.807, 2.05) is 51.1 Å². The fourth-order valence-corrected chi connectivity index (χ4v) is 1.90.